The Morgan fingerprint density at radius 1 is 0.538 bits per heavy atom. The van der Waals surface area contributed by atoms with Gasteiger partial charge in [0.1, 0.15) is 0 Å². The number of hydrogen-bond donors (Lipinski definition) is 0. The molecule has 4 heterocycles. The summed E-state index contributed by atoms with van der Waals surface area (Å²) in [5.74, 6) is 0. The molecule has 2 saturated heterocycles. The molecule has 2 aromatic heterocycles. The summed E-state index contributed by atoms with van der Waals surface area (Å²) in [6.07, 6.45) is 2.24. The van der Waals surface area contributed by atoms with Gasteiger partial charge < -0.3 is 9.80 Å². The molecule has 0 spiro atoms. The zero-order valence-electron chi connectivity index (χ0n) is 39.3. The molecule has 2 fully saturated rings. The van der Waals surface area contributed by atoms with E-state index in [0.29, 0.717) is 62.1 Å². The van der Waals surface area contributed by atoms with E-state index in [9.17, 15) is 16.8 Å². The molecule has 0 radical (unpaired) electrons. The number of aryl methyl sites for hydroxylation is 3. The van der Waals surface area contributed by atoms with E-state index in [0.717, 1.165) is 51.2 Å². The summed E-state index contributed by atoms with van der Waals surface area (Å²) >= 11 is 3.25. The van der Waals surface area contributed by atoms with Gasteiger partial charge in [0.2, 0.25) is 20.0 Å². The highest BCUT2D eigenvalue weighted by Crippen LogP contribution is 2.34. The number of rotatable bonds is 10. The number of hydrogen-bond acceptors (Lipinski definition) is 10. The first-order chi connectivity index (χ1) is 30.7. The van der Waals surface area contributed by atoms with Gasteiger partial charge in [-0.05, 0) is 83.2 Å². The normalized spacial score (nSPS) is 15.8. The van der Waals surface area contributed by atoms with E-state index in [2.05, 4.69) is 125 Å². The van der Waals surface area contributed by atoms with E-state index in [-0.39, 0.29) is 10.8 Å². The first-order valence-electron chi connectivity index (χ1n) is 22.5. The standard InChI is InChI=1S/C26H33N3O2S2.C25H31N3O2S2/c1-5-6-20-7-9-21(10-8-20)24-19-32-25(27-24)28-15-17-29(18-16-28)33(30,31)23-13-11-22(12-14-23)26(2,3)4;1-18-7-6-8-19(2)23(18)22-17-31-24(26-22)27-13-15-28(16-14-27)32(29,30)21-11-9-20(10-12-21)25(3,4)5/h7-14,19H,5-6,15-18H2,1-4H3;6-12,17H,13-16H2,1-5H3. The average Bonchev–Trinajstić information content (AvgIpc) is 3.98. The number of nitrogens with zero attached hydrogens (tertiary/aromatic N) is 6. The van der Waals surface area contributed by atoms with Crippen LogP contribution in [0.15, 0.2) is 112 Å². The van der Waals surface area contributed by atoms with Gasteiger partial charge in [0.15, 0.2) is 10.3 Å². The zero-order chi connectivity index (χ0) is 46.7. The van der Waals surface area contributed by atoms with E-state index >= 15 is 0 Å². The molecular formula is C51H64N6O4S4. The fourth-order valence-electron chi connectivity index (χ4n) is 8.21. The number of aromatic nitrogens is 2. The van der Waals surface area contributed by atoms with E-state index in [4.69, 9.17) is 9.97 Å². The molecular weight excluding hydrogens is 889 g/mol. The van der Waals surface area contributed by atoms with Crippen LogP contribution in [0.2, 0.25) is 0 Å². The summed E-state index contributed by atoms with van der Waals surface area (Å²) in [7, 11) is -6.98. The first kappa shape index (κ1) is 48.5. The van der Waals surface area contributed by atoms with E-state index in [1.807, 2.05) is 24.3 Å². The van der Waals surface area contributed by atoms with Gasteiger partial charge in [-0.2, -0.15) is 8.61 Å². The molecule has 4 aromatic carbocycles. The maximum Gasteiger partial charge on any atom is 0.243 e. The van der Waals surface area contributed by atoms with Gasteiger partial charge in [-0.1, -0.05) is 122 Å². The molecule has 0 bridgehead atoms. The number of benzene rings is 4. The summed E-state index contributed by atoms with van der Waals surface area (Å²) in [5.41, 5.74) is 10.3. The molecule has 0 atom stereocenters. The minimum atomic E-state index is -3.49. The van der Waals surface area contributed by atoms with Gasteiger partial charge in [0.25, 0.3) is 0 Å². The van der Waals surface area contributed by atoms with Crippen molar-refractivity contribution in [3.63, 3.8) is 0 Å². The molecule has 0 N–H and O–H groups in total. The summed E-state index contributed by atoms with van der Waals surface area (Å²) in [6, 6.07) is 29.6. The van der Waals surface area contributed by atoms with Crippen LogP contribution in [0.25, 0.3) is 22.5 Å². The summed E-state index contributed by atoms with van der Waals surface area (Å²) in [6.45, 7) is 23.6. The van der Waals surface area contributed by atoms with Gasteiger partial charge in [0.05, 0.1) is 21.2 Å². The van der Waals surface area contributed by atoms with Crippen LogP contribution in [0, 0.1) is 13.8 Å². The van der Waals surface area contributed by atoms with Crippen LogP contribution < -0.4 is 9.80 Å². The van der Waals surface area contributed by atoms with E-state index < -0.39 is 20.0 Å². The second-order valence-corrected chi connectivity index (χ2v) is 24.6. The highest BCUT2D eigenvalue weighted by atomic mass is 32.2. The lowest BCUT2D eigenvalue weighted by Crippen LogP contribution is -2.48. The molecule has 0 unspecified atom stereocenters. The Hall–Kier alpha value is -4.44. The monoisotopic (exact) mass is 952 g/mol. The third kappa shape index (κ3) is 11.2. The average molecular weight is 953 g/mol. The topological polar surface area (TPSA) is 107 Å². The Balaban J connectivity index is 0.000000194. The van der Waals surface area contributed by atoms with Crippen molar-refractivity contribution in [2.45, 2.75) is 95.8 Å². The number of sulfonamides is 2. The number of thiazole rings is 2. The van der Waals surface area contributed by atoms with E-state index in [1.54, 1.807) is 55.5 Å². The minimum Gasteiger partial charge on any atom is -0.345 e. The molecule has 346 valence electrons. The van der Waals surface area contributed by atoms with Gasteiger partial charge in [0, 0.05) is 74.2 Å². The molecule has 10 nitrogen and oxygen atoms in total. The Kier molecular flexibility index (Phi) is 14.8. The summed E-state index contributed by atoms with van der Waals surface area (Å²) in [5, 5.41) is 6.10. The van der Waals surface area contributed by atoms with Crippen LogP contribution in [0.1, 0.15) is 82.7 Å². The van der Waals surface area contributed by atoms with Crippen molar-refractivity contribution in [3.8, 4) is 22.5 Å². The lowest BCUT2D eigenvalue weighted by Gasteiger charge is -2.33. The zero-order valence-corrected chi connectivity index (χ0v) is 42.6. The maximum atomic E-state index is 13.1. The molecule has 2 aliphatic heterocycles. The third-order valence-corrected chi connectivity index (χ3v) is 17.9. The molecule has 65 heavy (non-hydrogen) atoms. The van der Waals surface area contributed by atoms with Crippen LogP contribution in [-0.2, 0) is 37.3 Å². The molecule has 0 amide bonds. The van der Waals surface area contributed by atoms with Crippen molar-refractivity contribution < 1.29 is 16.8 Å². The molecule has 14 heteroatoms. The molecule has 6 aromatic rings. The molecule has 2 aliphatic rings. The van der Waals surface area contributed by atoms with Crippen molar-refractivity contribution >= 4 is 53.0 Å². The molecule has 8 rings (SSSR count). The lowest BCUT2D eigenvalue weighted by atomic mass is 9.87. The van der Waals surface area contributed by atoms with Crippen LogP contribution in [0.3, 0.4) is 0 Å². The van der Waals surface area contributed by atoms with Crippen molar-refractivity contribution in [1.29, 1.82) is 0 Å². The van der Waals surface area contributed by atoms with Crippen molar-refractivity contribution in [1.82, 2.24) is 18.6 Å². The molecule has 0 saturated carbocycles. The second-order valence-electron chi connectivity index (χ2n) is 19.1. The van der Waals surface area contributed by atoms with Crippen molar-refractivity contribution in [2.75, 3.05) is 62.2 Å². The number of anilines is 2. The summed E-state index contributed by atoms with van der Waals surface area (Å²) < 4.78 is 55.8. The SMILES string of the molecule is CCCc1ccc(-c2csc(N3CCN(S(=O)(=O)c4ccc(C(C)(C)C)cc4)CC3)n2)cc1.Cc1cccc(C)c1-c1csc(N2CCN(S(=O)(=O)c3ccc(C(C)(C)C)cc3)CC2)n1. The smallest absolute Gasteiger partial charge is 0.243 e. The fraction of sp³-hybridized carbons (Fsp3) is 0.412. The summed E-state index contributed by atoms with van der Waals surface area (Å²) in [4.78, 5) is 14.8. The Bertz CT molecular complexity index is 2730. The van der Waals surface area contributed by atoms with E-state index in [1.165, 1.54) is 22.3 Å². The Morgan fingerprint density at radius 3 is 1.34 bits per heavy atom. The predicted molar refractivity (Wildman–Crippen MR) is 271 cm³/mol. The quantitative estimate of drug-likeness (QED) is 0.134. The van der Waals surface area contributed by atoms with Crippen LogP contribution in [-0.4, -0.2) is 87.8 Å². The van der Waals surface area contributed by atoms with Crippen LogP contribution in [0.4, 0.5) is 10.3 Å². The number of piperazine rings is 2. The largest absolute Gasteiger partial charge is 0.345 e. The Morgan fingerprint density at radius 2 is 0.938 bits per heavy atom. The van der Waals surface area contributed by atoms with Gasteiger partial charge >= 0.3 is 0 Å². The second kappa shape index (κ2) is 19.8. The van der Waals surface area contributed by atoms with Gasteiger partial charge in [-0.3, -0.25) is 0 Å². The lowest BCUT2D eigenvalue weighted by molar-refractivity contribution is 0.384. The van der Waals surface area contributed by atoms with Gasteiger partial charge in [-0.15, -0.1) is 22.7 Å². The molecule has 0 aliphatic carbocycles. The highest BCUT2D eigenvalue weighted by molar-refractivity contribution is 7.89. The van der Waals surface area contributed by atoms with Crippen LogP contribution >= 0.6 is 22.7 Å². The van der Waals surface area contributed by atoms with Crippen molar-refractivity contribution in [3.05, 3.63) is 130 Å². The highest BCUT2D eigenvalue weighted by Gasteiger charge is 2.31. The fourth-order valence-corrected chi connectivity index (χ4v) is 12.8. The maximum absolute atomic E-state index is 13.1. The van der Waals surface area contributed by atoms with Gasteiger partial charge in [-0.25, -0.2) is 26.8 Å². The predicted octanol–water partition coefficient (Wildman–Crippen LogP) is 10.8. The first-order valence-corrected chi connectivity index (χ1v) is 27.2. The third-order valence-electron chi connectivity index (χ3n) is 12.2. The van der Waals surface area contributed by atoms with Crippen molar-refractivity contribution in [2.24, 2.45) is 0 Å². The Labute approximate surface area is 396 Å². The van der Waals surface area contributed by atoms with Crippen LogP contribution in [0.5, 0.6) is 0 Å². The minimum absolute atomic E-state index is 0.00196.